The molecule has 65 heavy (non-hydrogen) atoms. The lowest BCUT2D eigenvalue weighted by molar-refractivity contribution is 1.26. The average Bonchev–Trinajstić information content (AvgIpc) is 3.37. The first kappa shape index (κ1) is 38.0. The van der Waals surface area contributed by atoms with Gasteiger partial charge < -0.3 is 14.7 Å². The van der Waals surface area contributed by atoms with Crippen molar-refractivity contribution in [2.75, 3.05) is 14.7 Å². The highest BCUT2D eigenvalue weighted by molar-refractivity contribution is 6.09. The first-order chi connectivity index (χ1) is 32.2. The van der Waals surface area contributed by atoms with Crippen LogP contribution in [-0.2, 0) is 0 Å². The molecule has 0 aromatic heterocycles. The monoisotopic (exact) mass is 829 g/mol. The smallest absolute Gasteiger partial charge is 0.0540 e. The van der Waals surface area contributed by atoms with Gasteiger partial charge in [-0.2, -0.15) is 0 Å². The predicted octanol–water partition coefficient (Wildman–Crippen LogP) is 17.9. The van der Waals surface area contributed by atoms with Gasteiger partial charge in [0.15, 0.2) is 0 Å². The van der Waals surface area contributed by atoms with Crippen molar-refractivity contribution in [3.8, 4) is 0 Å². The Morgan fingerprint density at radius 1 is 0.169 bits per heavy atom. The molecule has 0 saturated carbocycles. The summed E-state index contributed by atoms with van der Waals surface area (Å²) in [6.45, 7) is 0. The van der Waals surface area contributed by atoms with Crippen LogP contribution in [0.4, 0.5) is 51.2 Å². The molecular weight excluding hydrogens is 787 g/mol. The minimum Gasteiger partial charge on any atom is -0.310 e. The second kappa shape index (κ2) is 16.2. The molecule has 3 nitrogen and oxygen atoms in total. The third-order valence-electron chi connectivity index (χ3n) is 12.7. The Hall–Kier alpha value is -8.66. The zero-order chi connectivity index (χ0) is 43.1. The Kier molecular flexibility index (Phi) is 9.50. The summed E-state index contributed by atoms with van der Waals surface area (Å²) < 4.78 is 0. The number of fused-ring (bicyclic) bond motifs is 5. The van der Waals surface area contributed by atoms with Gasteiger partial charge in [-0.1, -0.05) is 146 Å². The minimum atomic E-state index is 1.06. The standard InChI is InChI=1S/C62H43N3/c1-3-23-51(24-4-1)63(60-29-13-20-44-16-9-11-27-57(44)60)53-32-36-55(37-33-53)65(62-31-15-22-48-42-49-40-46-18-7-8-19-47(46)41-50(49)43-59(48)62)56-38-34-54(35-39-56)64(52-25-5-2-6-26-52)61-30-14-21-45-17-10-12-28-58(45)61/h1-43H. The Bertz CT molecular complexity index is 3480. The highest BCUT2D eigenvalue weighted by atomic mass is 15.2. The fourth-order valence-corrected chi connectivity index (χ4v) is 9.64. The molecule has 3 heteroatoms. The van der Waals surface area contributed by atoms with E-state index in [1.165, 1.54) is 53.9 Å². The van der Waals surface area contributed by atoms with E-state index in [4.69, 9.17) is 0 Å². The summed E-state index contributed by atoms with van der Waals surface area (Å²) in [5.41, 5.74) is 9.88. The van der Waals surface area contributed by atoms with Crippen LogP contribution in [0.5, 0.6) is 0 Å². The number of hydrogen-bond donors (Lipinski definition) is 0. The number of benzene rings is 12. The van der Waals surface area contributed by atoms with E-state index >= 15 is 0 Å². The van der Waals surface area contributed by atoms with Crippen molar-refractivity contribution in [1.29, 1.82) is 0 Å². The van der Waals surface area contributed by atoms with E-state index < -0.39 is 0 Å². The van der Waals surface area contributed by atoms with Crippen molar-refractivity contribution in [3.05, 3.63) is 261 Å². The van der Waals surface area contributed by atoms with Crippen LogP contribution in [0.2, 0.25) is 0 Å². The third-order valence-corrected chi connectivity index (χ3v) is 12.7. The first-order valence-corrected chi connectivity index (χ1v) is 22.3. The van der Waals surface area contributed by atoms with Crippen LogP contribution in [0.15, 0.2) is 261 Å². The molecule has 306 valence electrons. The molecule has 12 rings (SSSR count). The molecule has 0 fully saturated rings. The second-order valence-corrected chi connectivity index (χ2v) is 16.6. The average molecular weight is 830 g/mol. The zero-order valence-corrected chi connectivity index (χ0v) is 35.7. The SMILES string of the molecule is c1ccc(N(c2ccc(N(c3ccc(N(c4ccccc4)c4cccc5ccccc45)cc3)c3cccc4cc5cc6ccccc6cc5cc34)cc2)c2cccc3ccccc23)cc1. The van der Waals surface area contributed by atoms with Crippen molar-refractivity contribution in [3.63, 3.8) is 0 Å². The highest BCUT2D eigenvalue weighted by Gasteiger charge is 2.21. The minimum absolute atomic E-state index is 1.06. The van der Waals surface area contributed by atoms with Gasteiger partial charge in [0.25, 0.3) is 0 Å². The molecule has 0 atom stereocenters. The Balaban J connectivity index is 1.03. The molecule has 0 unspecified atom stereocenters. The van der Waals surface area contributed by atoms with Crippen LogP contribution in [-0.4, -0.2) is 0 Å². The second-order valence-electron chi connectivity index (χ2n) is 16.6. The molecule has 0 aliphatic heterocycles. The predicted molar refractivity (Wildman–Crippen MR) is 278 cm³/mol. The van der Waals surface area contributed by atoms with Crippen LogP contribution >= 0.6 is 0 Å². The summed E-state index contributed by atoms with van der Waals surface area (Å²) in [5, 5.41) is 12.1. The highest BCUT2D eigenvalue weighted by Crippen LogP contribution is 2.45. The number of para-hydroxylation sites is 2. The number of hydrogen-bond acceptors (Lipinski definition) is 3. The molecule has 0 saturated heterocycles. The molecule has 0 radical (unpaired) electrons. The maximum atomic E-state index is 2.41. The fraction of sp³-hybridized carbons (Fsp3) is 0. The van der Waals surface area contributed by atoms with E-state index in [1.807, 2.05) is 0 Å². The quantitative estimate of drug-likeness (QED) is 0.134. The third kappa shape index (κ3) is 6.97. The summed E-state index contributed by atoms with van der Waals surface area (Å²) in [6.07, 6.45) is 0. The molecule has 0 aliphatic carbocycles. The molecule has 0 spiro atoms. The first-order valence-electron chi connectivity index (χ1n) is 22.3. The molecule has 0 bridgehead atoms. The van der Waals surface area contributed by atoms with Gasteiger partial charge in [0.2, 0.25) is 0 Å². The van der Waals surface area contributed by atoms with Crippen molar-refractivity contribution in [2.24, 2.45) is 0 Å². The van der Waals surface area contributed by atoms with Gasteiger partial charge >= 0.3 is 0 Å². The fourth-order valence-electron chi connectivity index (χ4n) is 9.64. The summed E-state index contributed by atoms with van der Waals surface area (Å²) in [4.78, 5) is 7.15. The Morgan fingerprint density at radius 2 is 0.462 bits per heavy atom. The number of rotatable bonds is 9. The normalized spacial score (nSPS) is 11.4. The Morgan fingerprint density at radius 3 is 0.892 bits per heavy atom. The van der Waals surface area contributed by atoms with Crippen molar-refractivity contribution >= 4 is 105 Å². The van der Waals surface area contributed by atoms with Crippen molar-refractivity contribution in [1.82, 2.24) is 0 Å². The van der Waals surface area contributed by atoms with Crippen molar-refractivity contribution in [2.45, 2.75) is 0 Å². The molecule has 0 amide bonds. The van der Waals surface area contributed by atoms with E-state index in [0.29, 0.717) is 0 Å². The van der Waals surface area contributed by atoms with Gasteiger partial charge in [-0.25, -0.2) is 0 Å². The van der Waals surface area contributed by atoms with Crippen molar-refractivity contribution < 1.29 is 0 Å². The topological polar surface area (TPSA) is 9.72 Å². The number of nitrogens with zero attached hydrogens (tertiary/aromatic N) is 3. The summed E-state index contributed by atoms with van der Waals surface area (Å²) in [7, 11) is 0. The maximum Gasteiger partial charge on any atom is 0.0540 e. The summed E-state index contributed by atoms with van der Waals surface area (Å²) in [6, 6.07) is 94.5. The maximum absolute atomic E-state index is 2.41. The van der Waals surface area contributed by atoms with Gasteiger partial charge in [0.05, 0.1) is 17.1 Å². The summed E-state index contributed by atoms with van der Waals surface area (Å²) >= 11 is 0. The van der Waals surface area contributed by atoms with Crippen LogP contribution in [0.25, 0.3) is 53.9 Å². The zero-order valence-electron chi connectivity index (χ0n) is 35.7. The van der Waals surface area contributed by atoms with E-state index in [2.05, 4.69) is 276 Å². The van der Waals surface area contributed by atoms with Crippen LogP contribution in [0.3, 0.4) is 0 Å². The van der Waals surface area contributed by atoms with E-state index in [-0.39, 0.29) is 0 Å². The van der Waals surface area contributed by atoms with Crippen LogP contribution < -0.4 is 14.7 Å². The molecule has 0 aliphatic rings. The van der Waals surface area contributed by atoms with E-state index in [9.17, 15) is 0 Å². The van der Waals surface area contributed by atoms with Gasteiger partial charge in [-0.05, 0) is 153 Å². The molecular formula is C62H43N3. The van der Waals surface area contributed by atoms with E-state index in [0.717, 1.165) is 51.2 Å². The van der Waals surface area contributed by atoms with Gasteiger partial charge in [-0.15, -0.1) is 0 Å². The van der Waals surface area contributed by atoms with Gasteiger partial charge in [0.1, 0.15) is 0 Å². The van der Waals surface area contributed by atoms with Gasteiger partial charge in [0, 0.05) is 50.3 Å². The Labute approximate surface area is 378 Å². The van der Waals surface area contributed by atoms with E-state index in [1.54, 1.807) is 0 Å². The van der Waals surface area contributed by atoms with Gasteiger partial charge in [-0.3, -0.25) is 0 Å². The molecule has 12 aromatic carbocycles. The lowest BCUT2D eigenvalue weighted by Gasteiger charge is -2.30. The molecule has 12 aromatic rings. The lowest BCUT2D eigenvalue weighted by atomic mass is 9.98. The molecule has 0 heterocycles. The van der Waals surface area contributed by atoms with Crippen LogP contribution in [0.1, 0.15) is 0 Å². The summed E-state index contributed by atoms with van der Waals surface area (Å²) in [5.74, 6) is 0. The lowest BCUT2D eigenvalue weighted by Crippen LogP contribution is -2.13. The molecule has 0 N–H and O–H groups in total. The largest absolute Gasteiger partial charge is 0.310 e. The number of anilines is 9. The van der Waals surface area contributed by atoms with Crippen LogP contribution in [0, 0.1) is 0 Å².